The minimum Gasteiger partial charge on any atom is -0.508 e. The summed E-state index contributed by atoms with van der Waals surface area (Å²) in [6, 6.07) is 6.84. The Morgan fingerprint density at radius 2 is 2.27 bits per heavy atom. The number of hydrogen-bond acceptors (Lipinski definition) is 2. The first-order valence-electron chi connectivity index (χ1n) is 3.21. The zero-order valence-corrected chi connectivity index (χ0v) is 6.81. The lowest BCUT2D eigenvalue weighted by atomic mass is 10.2. The summed E-state index contributed by atoms with van der Waals surface area (Å²) < 4.78 is 0. The van der Waals surface area contributed by atoms with Gasteiger partial charge in [-0.3, -0.25) is 0 Å². The number of rotatable bonds is 0. The molecule has 11 heavy (non-hydrogen) atoms. The summed E-state index contributed by atoms with van der Waals surface area (Å²) in [5.41, 5.74) is 0.819. The first kappa shape index (κ1) is 8.03. The van der Waals surface area contributed by atoms with Gasteiger partial charge in [0.2, 0.25) is 0 Å². The molecule has 0 heterocycles. The van der Waals surface area contributed by atoms with Crippen molar-refractivity contribution in [2.24, 2.45) is 0 Å². The molecule has 1 aromatic carbocycles. The van der Waals surface area contributed by atoms with E-state index in [1.165, 1.54) is 0 Å². The van der Waals surface area contributed by atoms with Crippen LogP contribution in [-0.2, 0) is 0 Å². The molecule has 0 atom stereocenters. The molecule has 56 valence electrons. The van der Waals surface area contributed by atoms with Crippen molar-refractivity contribution < 1.29 is 5.11 Å². The summed E-state index contributed by atoms with van der Waals surface area (Å²) in [4.78, 5) is 0. The zero-order chi connectivity index (χ0) is 8.10. The highest BCUT2D eigenvalue weighted by Crippen LogP contribution is 2.09. The van der Waals surface area contributed by atoms with Gasteiger partial charge in [-0.2, -0.15) is 12.6 Å². The van der Waals surface area contributed by atoms with Crippen molar-refractivity contribution in [1.82, 2.24) is 0 Å². The van der Waals surface area contributed by atoms with E-state index in [9.17, 15) is 0 Å². The lowest BCUT2D eigenvalue weighted by Crippen LogP contribution is -1.72. The quantitative estimate of drug-likeness (QED) is 0.441. The van der Waals surface area contributed by atoms with Crippen molar-refractivity contribution in [1.29, 1.82) is 0 Å². The maximum atomic E-state index is 9.03. The highest BCUT2D eigenvalue weighted by atomic mass is 32.1. The Morgan fingerprint density at radius 3 is 2.91 bits per heavy atom. The Labute approximate surface area is 71.5 Å². The highest BCUT2D eigenvalue weighted by Gasteiger charge is 1.87. The van der Waals surface area contributed by atoms with Crippen molar-refractivity contribution in [3.05, 3.63) is 29.8 Å². The van der Waals surface area contributed by atoms with E-state index in [4.69, 9.17) is 5.11 Å². The molecule has 0 aromatic heterocycles. The molecular weight excluding hydrogens is 156 g/mol. The minimum atomic E-state index is 0.246. The molecule has 1 rings (SSSR count). The number of phenolic OH excluding ortho intramolecular Hbond substituents is 1. The van der Waals surface area contributed by atoms with Crippen molar-refractivity contribution in [3.63, 3.8) is 0 Å². The van der Waals surface area contributed by atoms with E-state index in [-0.39, 0.29) is 5.75 Å². The molecule has 0 spiro atoms. The van der Waals surface area contributed by atoms with Crippen LogP contribution in [0.3, 0.4) is 0 Å². The number of hydrogen-bond donors (Lipinski definition) is 2. The van der Waals surface area contributed by atoms with Gasteiger partial charge in [0.1, 0.15) is 5.75 Å². The lowest BCUT2D eigenvalue weighted by Gasteiger charge is -1.90. The van der Waals surface area contributed by atoms with Crippen LogP contribution in [0.15, 0.2) is 24.3 Å². The molecule has 0 unspecified atom stereocenters. The van der Waals surface area contributed by atoms with Crippen LogP contribution in [-0.4, -0.2) is 10.9 Å². The van der Waals surface area contributed by atoms with Gasteiger partial charge in [0.25, 0.3) is 0 Å². The van der Waals surface area contributed by atoms with Gasteiger partial charge in [-0.05, 0) is 18.2 Å². The van der Waals surface area contributed by atoms with E-state index in [0.29, 0.717) is 5.75 Å². The van der Waals surface area contributed by atoms with Gasteiger partial charge in [0, 0.05) is 5.56 Å². The molecular formula is C9H8OS. The maximum Gasteiger partial charge on any atom is 0.116 e. The molecule has 1 nitrogen and oxygen atoms in total. The van der Waals surface area contributed by atoms with E-state index in [2.05, 4.69) is 24.5 Å². The van der Waals surface area contributed by atoms with Crippen molar-refractivity contribution >= 4 is 12.6 Å². The number of benzene rings is 1. The lowest BCUT2D eigenvalue weighted by molar-refractivity contribution is 0.475. The second-order valence-corrected chi connectivity index (χ2v) is 2.33. The Balaban J connectivity index is 2.87. The predicted molar refractivity (Wildman–Crippen MR) is 48.8 cm³/mol. The summed E-state index contributed by atoms with van der Waals surface area (Å²) in [6.07, 6.45) is 0. The summed E-state index contributed by atoms with van der Waals surface area (Å²) in [5, 5.41) is 9.03. The van der Waals surface area contributed by atoms with Crippen molar-refractivity contribution in [2.45, 2.75) is 0 Å². The Bertz CT molecular complexity index is 296. The molecule has 0 amide bonds. The standard InChI is InChI=1S/C9H8OS/c10-9-5-1-3-8(7-9)4-2-6-11/h1,3,5,7,10-11H,6H2. The smallest absolute Gasteiger partial charge is 0.116 e. The largest absolute Gasteiger partial charge is 0.508 e. The van der Waals surface area contributed by atoms with Gasteiger partial charge in [0.15, 0.2) is 0 Å². The van der Waals surface area contributed by atoms with E-state index in [0.717, 1.165) is 5.56 Å². The van der Waals surface area contributed by atoms with E-state index >= 15 is 0 Å². The molecule has 0 bridgehead atoms. The summed E-state index contributed by atoms with van der Waals surface area (Å²) >= 11 is 3.94. The fraction of sp³-hybridized carbons (Fsp3) is 0.111. The van der Waals surface area contributed by atoms with E-state index < -0.39 is 0 Å². The molecule has 0 aliphatic rings. The molecule has 0 aliphatic carbocycles. The Kier molecular flexibility index (Phi) is 2.88. The average molecular weight is 164 g/mol. The third kappa shape index (κ3) is 2.57. The van der Waals surface area contributed by atoms with Gasteiger partial charge in [0.05, 0.1) is 5.75 Å². The monoisotopic (exact) mass is 164 g/mol. The zero-order valence-electron chi connectivity index (χ0n) is 5.91. The van der Waals surface area contributed by atoms with Crippen LogP contribution in [0.4, 0.5) is 0 Å². The Morgan fingerprint density at radius 1 is 1.45 bits per heavy atom. The molecule has 0 saturated carbocycles. The van der Waals surface area contributed by atoms with Crippen LogP contribution in [0.1, 0.15) is 5.56 Å². The molecule has 0 fully saturated rings. The van der Waals surface area contributed by atoms with Crippen LogP contribution >= 0.6 is 12.6 Å². The van der Waals surface area contributed by atoms with Crippen LogP contribution in [0.5, 0.6) is 5.75 Å². The fourth-order valence-electron chi connectivity index (χ4n) is 0.725. The van der Waals surface area contributed by atoms with Gasteiger partial charge in [-0.1, -0.05) is 17.9 Å². The van der Waals surface area contributed by atoms with Crippen LogP contribution in [0.25, 0.3) is 0 Å². The molecule has 1 aromatic rings. The third-order valence-corrected chi connectivity index (χ3v) is 1.32. The number of phenols is 1. The van der Waals surface area contributed by atoms with Gasteiger partial charge in [-0.25, -0.2) is 0 Å². The van der Waals surface area contributed by atoms with E-state index in [1.807, 2.05) is 6.07 Å². The van der Waals surface area contributed by atoms with Gasteiger partial charge < -0.3 is 5.11 Å². The Hall–Kier alpha value is -1.07. The first-order chi connectivity index (χ1) is 5.33. The third-order valence-electron chi connectivity index (χ3n) is 1.16. The van der Waals surface area contributed by atoms with Crippen molar-refractivity contribution in [2.75, 3.05) is 5.75 Å². The van der Waals surface area contributed by atoms with Crippen molar-refractivity contribution in [3.8, 4) is 17.6 Å². The highest BCUT2D eigenvalue weighted by molar-refractivity contribution is 7.80. The average Bonchev–Trinajstić information content (AvgIpc) is 2.01. The minimum absolute atomic E-state index is 0.246. The molecule has 0 radical (unpaired) electrons. The van der Waals surface area contributed by atoms with Crippen LogP contribution in [0.2, 0.25) is 0 Å². The summed E-state index contributed by atoms with van der Waals surface area (Å²) in [6.45, 7) is 0. The van der Waals surface area contributed by atoms with Gasteiger partial charge in [-0.15, -0.1) is 0 Å². The van der Waals surface area contributed by atoms with Crippen LogP contribution in [0, 0.1) is 11.8 Å². The molecule has 1 N–H and O–H groups in total. The first-order valence-corrected chi connectivity index (χ1v) is 3.85. The van der Waals surface area contributed by atoms with E-state index in [1.54, 1.807) is 18.2 Å². The predicted octanol–water partition coefficient (Wildman–Crippen LogP) is 1.67. The SMILES string of the molecule is Oc1cccc(C#CCS)c1. The van der Waals surface area contributed by atoms with Crippen LogP contribution < -0.4 is 0 Å². The summed E-state index contributed by atoms with van der Waals surface area (Å²) in [5.74, 6) is 6.43. The second kappa shape index (κ2) is 3.95. The molecule has 0 aliphatic heterocycles. The second-order valence-electron chi connectivity index (χ2n) is 2.01. The molecule has 2 heteroatoms. The van der Waals surface area contributed by atoms with Gasteiger partial charge >= 0.3 is 0 Å². The number of aromatic hydroxyl groups is 1. The normalized spacial score (nSPS) is 8.45. The topological polar surface area (TPSA) is 20.2 Å². The maximum absolute atomic E-state index is 9.03. The number of thiol groups is 1. The fourth-order valence-corrected chi connectivity index (χ4v) is 0.804. The molecule has 0 saturated heterocycles. The summed E-state index contributed by atoms with van der Waals surface area (Å²) in [7, 11) is 0.